The van der Waals surface area contributed by atoms with Crippen molar-refractivity contribution in [2.75, 3.05) is 7.11 Å². The summed E-state index contributed by atoms with van der Waals surface area (Å²) in [5.74, 6) is -6.14. The fourth-order valence-corrected chi connectivity index (χ4v) is 6.64. The number of carbonyl (C=O) groups is 6. The number of aliphatic hydroxyl groups is 2. The quantitative estimate of drug-likeness (QED) is 0.0594. The lowest BCUT2D eigenvalue weighted by atomic mass is 9.94. The molecule has 1 fully saturated rings. The molecule has 4 amide bonds. The Morgan fingerprint density at radius 1 is 0.885 bits per heavy atom. The van der Waals surface area contributed by atoms with E-state index in [-0.39, 0.29) is 18.2 Å². The van der Waals surface area contributed by atoms with Crippen LogP contribution in [0.1, 0.15) is 83.6 Å². The second-order valence-electron chi connectivity index (χ2n) is 15.1. The van der Waals surface area contributed by atoms with Crippen LogP contribution in [0.15, 0.2) is 35.3 Å². The molecule has 22 heteroatoms. The summed E-state index contributed by atoms with van der Waals surface area (Å²) in [6, 6.07) is 2.58. The number of aromatic nitrogens is 2. The number of aliphatic hydroxyl groups excluding tert-OH is 2. The summed E-state index contributed by atoms with van der Waals surface area (Å²) in [5.41, 5.74) is 11.3. The van der Waals surface area contributed by atoms with Gasteiger partial charge in [-0.1, -0.05) is 59.1 Å². The molecule has 12 unspecified atom stereocenters. The Hall–Kier alpha value is -5.55. The summed E-state index contributed by atoms with van der Waals surface area (Å²) < 4.78 is 21.3. The Kier molecular flexibility index (Phi) is 19.1. The van der Waals surface area contributed by atoms with E-state index in [1.807, 2.05) is 24.3 Å². The van der Waals surface area contributed by atoms with Gasteiger partial charge in [-0.05, 0) is 48.8 Å². The van der Waals surface area contributed by atoms with Crippen LogP contribution in [-0.2, 0) is 44.6 Å². The number of nitrogens with one attached hydrogen (secondary N) is 5. The summed E-state index contributed by atoms with van der Waals surface area (Å²) in [5, 5.41) is 49.2. The van der Waals surface area contributed by atoms with Crippen molar-refractivity contribution in [2.24, 2.45) is 23.3 Å². The van der Waals surface area contributed by atoms with Crippen LogP contribution in [0, 0.1) is 11.8 Å². The van der Waals surface area contributed by atoms with Gasteiger partial charge in [-0.25, -0.2) is 19.2 Å². The molecule has 1 aliphatic heterocycles. The maximum absolute atomic E-state index is 14.5. The van der Waals surface area contributed by atoms with E-state index in [1.165, 1.54) is 0 Å². The van der Waals surface area contributed by atoms with Crippen molar-refractivity contribution >= 4 is 35.8 Å². The number of H-pyrrole nitrogens is 2. The zero-order valence-electron chi connectivity index (χ0n) is 34.7. The van der Waals surface area contributed by atoms with E-state index >= 15 is 0 Å². The average Bonchev–Trinajstić information content (AvgIpc) is 3.65. The Morgan fingerprint density at radius 2 is 1.49 bits per heavy atom. The van der Waals surface area contributed by atoms with Gasteiger partial charge in [0, 0.05) is 18.7 Å². The second-order valence-corrected chi connectivity index (χ2v) is 15.1. The minimum atomic E-state index is -2.18. The molecule has 2 heterocycles. The number of ether oxygens (including phenoxy) is 4. The zero-order chi connectivity index (χ0) is 45.6. The SMILES string of the molecule is CCC(C)C(NC(=O)C(NC(=O)C(NC(=O)CCCCC(N)Cc1ccc(OC)cc1)C(OC1OC(C(=O)O)C(OC(N)=O)C(O)C1O)c1c[nH]c(=O)[nH]1)C(C)CC)C(=O)O. The molecule has 0 spiro atoms. The number of hydrogen-bond acceptors (Lipinski definition) is 14. The number of methoxy groups -OCH3 is 1. The molecule has 22 nitrogen and oxygen atoms in total. The molecule has 61 heavy (non-hydrogen) atoms. The first-order valence-electron chi connectivity index (χ1n) is 20.0. The van der Waals surface area contributed by atoms with Crippen molar-refractivity contribution in [3.63, 3.8) is 0 Å². The third-order valence-corrected chi connectivity index (χ3v) is 10.6. The zero-order valence-corrected chi connectivity index (χ0v) is 34.7. The molecule has 0 saturated carbocycles. The van der Waals surface area contributed by atoms with E-state index in [0.29, 0.717) is 44.3 Å². The molecule has 12 atom stereocenters. The van der Waals surface area contributed by atoms with Gasteiger partial charge in [0.2, 0.25) is 17.7 Å². The number of primary amides is 1. The smallest absolute Gasteiger partial charge is 0.404 e. The van der Waals surface area contributed by atoms with E-state index in [1.54, 1.807) is 34.8 Å². The van der Waals surface area contributed by atoms with Gasteiger partial charge in [-0.15, -0.1) is 0 Å². The minimum Gasteiger partial charge on any atom is -0.497 e. The maximum Gasteiger partial charge on any atom is 0.404 e. The number of hydrogen-bond donors (Lipinski definition) is 11. The largest absolute Gasteiger partial charge is 0.497 e. The van der Waals surface area contributed by atoms with E-state index in [0.717, 1.165) is 11.8 Å². The number of carboxylic acids is 2. The van der Waals surface area contributed by atoms with Crippen molar-refractivity contribution in [3.8, 4) is 5.75 Å². The summed E-state index contributed by atoms with van der Waals surface area (Å²) in [6.07, 6.45) is -10.5. The van der Waals surface area contributed by atoms with Crippen LogP contribution in [0.5, 0.6) is 5.75 Å². The van der Waals surface area contributed by atoms with Crippen molar-refractivity contribution in [1.82, 2.24) is 25.9 Å². The number of aliphatic carboxylic acids is 2. The van der Waals surface area contributed by atoms with Gasteiger partial charge in [-0.3, -0.25) is 14.4 Å². The number of carboxylic acid groups (broad SMARTS) is 2. The predicted octanol–water partition coefficient (Wildman–Crippen LogP) is -0.474. The standard InChI is InChI=1S/C39H59N7O15/c1-6-18(3)25(33(50)46-26(35(52)53)19(4)7-2)45-34(51)27(44-24(47)11-9-8-10-21(40)16-20-12-14-22(58-5)15-13-20)30(23-17-42-39(57)43-23)59-37-29(49)28(48)31(61-38(41)56)32(60-37)36(54)55/h12-15,17-19,21,25-32,37,48-49H,6-11,16,40H2,1-5H3,(H2,41,56)(H,44,47)(H,45,51)(H,46,50)(H,52,53)(H,54,55)(H2,42,43,57). The Morgan fingerprint density at radius 3 is 2.03 bits per heavy atom. The fourth-order valence-electron chi connectivity index (χ4n) is 6.64. The number of benzene rings is 1. The number of aromatic amines is 2. The van der Waals surface area contributed by atoms with Gasteiger partial charge < -0.3 is 76.8 Å². The minimum absolute atomic E-state index is 0.158. The van der Waals surface area contributed by atoms with E-state index in [9.17, 15) is 54.0 Å². The van der Waals surface area contributed by atoms with Crippen LogP contribution in [-0.4, -0.2) is 128 Å². The highest BCUT2D eigenvalue weighted by atomic mass is 16.7. The first-order chi connectivity index (χ1) is 28.8. The van der Waals surface area contributed by atoms with Crippen LogP contribution in [0.25, 0.3) is 0 Å². The van der Waals surface area contributed by atoms with Crippen molar-refractivity contribution in [3.05, 3.63) is 52.2 Å². The second kappa shape index (κ2) is 23.4. The van der Waals surface area contributed by atoms with E-state index < -0.39 is 108 Å². The Bertz CT molecular complexity index is 1840. The summed E-state index contributed by atoms with van der Waals surface area (Å²) in [6.45, 7) is 6.72. The Labute approximate surface area is 351 Å². The third kappa shape index (κ3) is 14.3. The van der Waals surface area contributed by atoms with Crippen LogP contribution in [0.3, 0.4) is 0 Å². The van der Waals surface area contributed by atoms with Crippen LogP contribution < -0.4 is 37.8 Å². The molecular formula is C39H59N7O15. The van der Waals surface area contributed by atoms with Crippen LogP contribution >= 0.6 is 0 Å². The number of amides is 4. The van der Waals surface area contributed by atoms with Gasteiger partial charge >= 0.3 is 23.7 Å². The topological polar surface area (TPSA) is 357 Å². The number of rotatable bonds is 24. The lowest BCUT2D eigenvalue weighted by Crippen LogP contribution is -2.63. The van der Waals surface area contributed by atoms with E-state index in [4.69, 9.17) is 30.4 Å². The highest BCUT2D eigenvalue weighted by molar-refractivity contribution is 5.94. The molecule has 340 valence electrons. The van der Waals surface area contributed by atoms with Crippen molar-refractivity contribution in [2.45, 2.75) is 134 Å². The van der Waals surface area contributed by atoms with Crippen molar-refractivity contribution in [1.29, 1.82) is 0 Å². The summed E-state index contributed by atoms with van der Waals surface area (Å²) >= 11 is 0. The first kappa shape index (κ1) is 49.8. The van der Waals surface area contributed by atoms with Gasteiger partial charge in [-0.2, -0.15) is 0 Å². The third-order valence-electron chi connectivity index (χ3n) is 10.6. The van der Waals surface area contributed by atoms with Crippen LogP contribution in [0.2, 0.25) is 0 Å². The van der Waals surface area contributed by atoms with Gasteiger partial charge in [0.05, 0.1) is 12.8 Å². The molecule has 3 rings (SSSR count). The molecule has 0 aliphatic carbocycles. The number of unbranched alkanes of at least 4 members (excludes halogenated alkanes) is 1. The van der Waals surface area contributed by atoms with Gasteiger partial charge in [0.1, 0.15) is 42.2 Å². The predicted molar refractivity (Wildman–Crippen MR) is 213 cm³/mol. The first-order valence-corrected chi connectivity index (χ1v) is 20.0. The maximum atomic E-state index is 14.5. The molecule has 1 aromatic heterocycles. The van der Waals surface area contributed by atoms with Crippen LogP contribution in [0.4, 0.5) is 4.79 Å². The molecule has 0 radical (unpaired) electrons. The summed E-state index contributed by atoms with van der Waals surface area (Å²) in [4.78, 5) is 94.7. The summed E-state index contributed by atoms with van der Waals surface area (Å²) in [7, 11) is 1.56. The van der Waals surface area contributed by atoms with E-state index in [2.05, 4.69) is 25.9 Å². The molecule has 1 saturated heterocycles. The molecule has 1 aliphatic rings. The monoisotopic (exact) mass is 865 g/mol. The van der Waals surface area contributed by atoms with Crippen molar-refractivity contribution < 1.29 is 68.1 Å². The number of carbonyl (C=O) groups excluding carboxylic acids is 4. The fraction of sp³-hybridized carbons (Fsp3) is 0.615. The molecule has 0 bridgehead atoms. The lowest BCUT2D eigenvalue weighted by Gasteiger charge is -2.41. The molecule has 1 aromatic carbocycles. The average molecular weight is 866 g/mol. The lowest BCUT2D eigenvalue weighted by molar-refractivity contribution is -0.306. The van der Waals surface area contributed by atoms with Gasteiger partial charge in [0.15, 0.2) is 18.5 Å². The molecule has 13 N–H and O–H groups in total. The molecular weight excluding hydrogens is 806 g/mol. The highest BCUT2D eigenvalue weighted by Gasteiger charge is 2.52. The molecule has 2 aromatic rings. The normalized spacial score (nSPS) is 22.3. The number of imidazole rings is 1. The highest BCUT2D eigenvalue weighted by Crippen LogP contribution is 2.31. The van der Waals surface area contributed by atoms with Gasteiger partial charge in [0.25, 0.3) is 0 Å². The number of nitrogens with two attached hydrogens (primary N) is 2. The Balaban J connectivity index is 1.96.